The third-order valence-electron chi connectivity index (χ3n) is 5.75. The molecule has 36 heavy (non-hydrogen) atoms. The smallest absolute Gasteiger partial charge is 0.339 e. The molecule has 5 atom stereocenters. The summed E-state index contributed by atoms with van der Waals surface area (Å²) in [5.74, 6) is -0.248. The predicted molar refractivity (Wildman–Crippen MR) is 131 cm³/mol. The minimum absolute atomic E-state index is 0.0976. The maximum absolute atomic E-state index is 12.7. The molecular formula is C27H32O9. The normalized spacial score (nSPS) is 21.2. The molecule has 0 amide bonds. The monoisotopic (exact) mass is 500 g/mol. The molecule has 1 aromatic rings. The molecule has 0 aromatic heterocycles. The summed E-state index contributed by atoms with van der Waals surface area (Å²) in [6.07, 6.45) is 5.73. The number of aliphatic hydroxyl groups excluding tert-OH is 3. The van der Waals surface area contributed by atoms with Crippen molar-refractivity contribution >= 4 is 17.5 Å². The lowest BCUT2D eigenvalue weighted by Crippen LogP contribution is -2.31. The third-order valence-corrected chi connectivity index (χ3v) is 5.75. The fraction of sp³-hybridized carbons (Fsp3) is 0.407. The number of carbonyl (C=O) groups excluding carboxylic acids is 2. The van der Waals surface area contributed by atoms with Gasteiger partial charge in [-0.2, -0.15) is 0 Å². The van der Waals surface area contributed by atoms with Crippen LogP contribution in [-0.2, 0) is 23.8 Å². The number of esters is 2. The summed E-state index contributed by atoms with van der Waals surface area (Å²) in [6.45, 7) is 5.02. The Labute approximate surface area is 209 Å². The third kappa shape index (κ3) is 7.55. The molecule has 1 aliphatic carbocycles. The van der Waals surface area contributed by atoms with Gasteiger partial charge in [0.1, 0.15) is 36.9 Å². The summed E-state index contributed by atoms with van der Waals surface area (Å²) in [5.41, 5.74) is 1.12. The number of benzene rings is 1. The zero-order valence-electron chi connectivity index (χ0n) is 20.1. The van der Waals surface area contributed by atoms with Gasteiger partial charge in [-0.3, -0.25) is 0 Å². The van der Waals surface area contributed by atoms with Crippen molar-refractivity contribution in [2.24, 2.45) is 5.92 Å². The second kappa shape index (κ2) is 13.1. The quantitative estimate of drug-likeness (QED) is 0.275. The van der Waals surface area contributed by atoms with Crippen LogP contribution in [-0.4, -0.2) is 71.5 Å². The SMILES string of the molecule is C=CC(=O)OCC(O)COC1=CC2OC(=O)C(c3ccc(OCCC(O)C(O)CC)cc3)=CC2C=C1. The van der Waals surface area contributed by atoms with E-state index in [0.29, 0.717) is 35.5 Å². The van der Waals surface area contributed by atoms with Crippen LogP contribution in [0.25, 0.3) is 5.57 Å². The van der Waals surface area contributed by atoms with E-state index in [1.165, 1.54) is 0 Å². The van der Waals surface area contributed by atoms with Crippen molar-refractivity contribution in [1.29, 1.82) is 0 Å². The van der Waals surface area contributed by atoms with Crippen LogP contribution in [0.1, 0.15) is 25.3 Å². The van der Waals surface area contributed by atoms with Crippen molar-refractivity contribution in [2.75, 3.05) is 19.8 Å². The molecule has 1 heterocycles. The van der Waals surface area contributed by atoms with Crippen LogP contribution in [0.3, 0.4) is 0 Å². The molecule has 3 rings (SSSR count). The van der Waals surface area contributed by atoms with Gasteiger partial charge in [0.15, 0.2) is 0 Å². The summed E-state index contributed by atoms with van der Waals surface area (Å²) in [5, 5.41) is 29.3. The topological polar surface area (TPSA) is 132 Å². The fourth-order valence-corrected chi connectivity index (χ4v) is 3.64. The molecule has 0 saturated heterocycles. The highest BCUT2D eigenvalue weighted by Crippen LogP contribution is 2.32. The molecule has 3 N–H and O–H groups in total. The minimum Gasteiger partial charge on any atom is -0.493 e. The van der Waals surface area contributed by atoms with E-state index in [-0.39, 0.29) is 25.7 Å². The Balaban J connectivity index is 1.53. The first-order valence-corrected chi connectivity index (χ1v) is 11.8. The predicted octanol–water partition coefficient (Wildman–Crippen LogP) is 2.07. The molecule has 1 aliphatic heterocycles. The molecule has 0 fully saturated rings. The summed E-state index contributed by atoms with van der Waals surface area (Å²) in [7, 11) is 0. The van der Waals surface area contributed by atoms with Gasteiger partial charge >= 0.3 is 11.9 Å². The van der Waals surface area contributed by atoms with E-state index < -0.39 is 36.4 Å². The molecule has 194 valence electrons. The number of allylic oxidation sites excluding steroid dienone is 1. The van der Waals surface area contributed by atoms with Crippen molar-refractivity contribution in [3.05, 3.63) is 72.5 Å². The Morgan fingerprint density at radius 3 is 2.56 bits per heavy atom. The van der Waals surface area contributed by atoms with Crippen LogP contribution in [0, 0.1) is 5.92 Å². The maximum Gasteiger partial charge on any atom is 0.339 e. The van der Waals surface area contributed by atoms with Gasteiger partial charge in [0.2, 0.25) is 0 Å². The number of hydrogen-bond donors (Lipinski definition) is 3. The van der Waals surface area contributed by atoms with Gasteiger partial charge in [-0.15, -0.1) is 0 Å². The lowest BCUT2D eigenvalue weighted by atomic mass is 9.90. The molecule has 0 saturated carbocycles. The van der Waals surface area contributed by atoms with Gasteiger partial charge in [-0.05, 0) is 36.3 Å². The molecule has 9 nitrogen and oxygen atoms in total. The van der Waals surface area contributed by atoms with E-state index in [1.54, 1.807) is 43.3 Å². The number of carbonyl (C=O) groups is 2. The van der Waals surface area contributed by atoms with Crippen LogP contribution >= 0.6 is 0 Å². The van der Waals surface area contributed by atoms with Crippen molar-refractivity contribution in [2.45, 2.75) is 44.2 Å². The maximum atomic E-state index is 12.7. The Hall–Kier alpha value is -3.40. The van der Waals surface area contributed by atoms with E-state index in [2.05, 4.69) is 6.58 Å². The summed E-state index contributed by atoms with van der Waals surface area (Å²) in [4.78, 5) is 23.7. The van der Waals surface area contributed by atoms with Crippen LogP contribution in [0.5, 0.6) is 5.75 Å². The van der Waals surface area contributed by atoms with Crippen LogP contribution in [0.4, 0.5) is 0 Å². The number of aliphatic hydroxyl groups is 3. The van der Waals surface area contributed by atoms with Crippen molar-refractivity contribution in [3.63, 3.8) is 0 Å². The largest absolute Gasteiger partial charge is 0.493 e. The van der Waals surface area contributed by atoms with E-state index in [4.69, 9.17) is 18.9 Å². The first-order valence-electron chi connectivity index (χ1n) is 11.8. The van der Waals surface area contributed by atoms with Gasteiger partial charge in [0.05, 0.1) is 24.4 Å². The number of hydrogen-bond acceptors (Lipinski definition) is 9. The lowest BCUT2D eigenvalue weighted by Gasteiger charge is -2.29. The van der Waals surface area contributed by atoms with E-state index in [9.17, 15) is 24.9 Å². The zero-order valence-corrected chi connectivity index (χ0v) is 20.1. The molecule has 1 aromatic carbocycles. The Morgan fingerprint density at radius 2 is 1.86 bits per heavy atom. The molecule has 5 unspecified atom stereocenters. The Bertz CT molecular complexity index is 1010. The number of ether oxygens (including phenoxy) is 4. The van der Waals surface area contributed by atoms with Gasteiger partial charge < -0.3 is 34.3 Å². The van der Waals surface area contributed by atoms with Crippen LogP contribution in [0.15, 0.2) is 67.0 Å². The summed E-state index contributed by atoms with van der Waals surface area (Å²) < 4.78 is 21.5. The fourth-order valence-electron chi connectivity index (χ4n) is 3.64. The van der Waals surface area contributed by atoms with Gasteiger partial charge in [-0.1, -0.05) is 37.8 Å². The van der Waals surface area contributed by atoms with Gasteiger partial charge in [0, 0.05) is 18.4 Å². The van der Waals surface area contributed by atoms with Gasteiger partial charge in [-0.25, -0.2) is 9.59 Å². The lowest BCUT2D eigenvalue weighted by molar-refractivity contribution is -0.142. The zero-order chi connectivity index (χ0) is 26.1. The van der Waals surface area contributed by atoms with Crippen molar-refractivity contribution < 1.29 is 43.9 Å². The number of fused-ring (bicyclic) bond motifs is 1. The van der Waals surface area contributed by atoms with E-state index >= 15 is 0 Å². The van der Waals surface area contributed by atoms with Crippen molar-refractivity contribution in [3.8, 4) is 5.75 Å². The highest BCUT2D eigenvalue weighted by molar-refractivity contribution is 6.17. The summed E-state index contributed by atoms with van der Waals surface area (Å²) in [6, 6.07) is 6.99. The molecule has 0 spiro atoms. The Morgan fingerprint density at radius 1 is 1.11 bits per heavy atom. The molecule has 9 heteroatoms. The molecule has 2 aliphatic rings. The number of rotatable bonds is 13. The molecule has 0 bridgehead atoms. The standard InChI is InChI=1S/C27H32O9/c1-3-23(29)24(30)11-12-33-20-8-5-17(6-9-20)22-13-18-7-10-21(14-25(18)36-27(22)32)34-15-19(28)16-35-26(31)4-2/h4-10,13-14,18-19,23-25,28-30H,2-3,11-12,15-16H2,1H3. The van der Waals surface area contributed by atoms with E-state index in [0.717, 1.165) is 6.08 Å². The average Bonchev–Trinajstić information content (AvgIpc) is 2.89. The average molecular weight is 501 g/mol. The van der Waals surface area contributed by atoms with Crippen LogP contribution < -0.4 is 4.74 Å². The van der Waals surface area contributed by atoms with Crippen molar-refractivity contribution in [1.82, 2.24) is 0 Å². The Kier molecular flexibility index (Phi) is 9.86. The summed E-state index contributed by atoms with van der Waals surface area (Å²) >= 11 is 0. The molecule has 0 radical (unpaired) electrons. The van der Waals surface area contributed by atoms with Gasteiger partial charge in [0.25, 0.3) is 0 Å². The second-order valence-electron chi connectivity index (χ2n) is 8.46. The molecular weight excluding hydrogens is 468 g/mol. The van der Waals surface area contributed by atoms with E-state index in [1.807, 2.05) is 12.2 Å². The van der Waals surface area contributed by atoms with Crippen LogP contribution in [0.2, 0.25) is 0 Å². The highest BCUT2D eigenvalue weighted by Gasteiger charge is 2.31. The minimum atomic E-state index is -1.01. The first kappa shape index (κ1) is 27.2. The second-order valence-corrected chi connectivity index (χ2v) is 8.46. The highest BCUT2D eigenvalue weighted by atomic mass is 16.6. The first-order chi connectivity index (χ1) is 17.3.